The van der Waals surface area contributed by atoms with Gasteiger partial charge in [-0.1, -0.05) is 0 Å². The van der Waals surface area contributed by atoms with Crippen LogP contribution >= 0.6 is 0 Å². The average Bonchev–Trinajstić information content (AvgIpc) is 2.61. The van der Waals surface area contributed by atoms with Gasteiger partial charge in [-0.2, -0.15) is 13.2 Å². The van der Waals surface area contributed by atoms with E-state index < -0.39 is 17.6 Å². The van der Waals surface area contributed by atoms with Crippen LogP contribution in [0.4, 0.5) is 24.7 Å². The second kappa shape index (κ2) is 6.58. The van der Waals surface area contributed by atoms with Gasteiger partial charge in [0.05, 0.1) is 5.56 Å². The third-order valence-corrected chi connectivity index (χ3v) is 4.04. The minimum Gasteiger partial charge on any atom is -0.368 e. The summed E-state index contributed by atoms with van der Waals surface area (Å²) in [5, 5.41) is 0. The number of piperazine rings is 1. The van der Waals surface area contributed by atoms with Crippen molar-refractivity contribution < 1.29 is 18.0 Å². The third kappa shape index (κ3) is 3.81. The number of nitrogens with zero attached hydrogens (tertiary/aromatic N) is 4. The van der Waals surface area contributed by atoms with E-state index in [0.29, 0.717) is 32.0 Å². The zero-order chi connectivity index (χ0) is 18.0. The number of hydrogen-bond acceptors (Lipinski definition) is 5. The first-order chi connectivity index (χ1) is 11.8. The smallest absolute Gasteiger partial charge is 0.368 e. The molecule has 25 heavy (non-hydrogen) atoms. The van der Waals surface area contributed by atoms with Gasteiger partial charge in [-0.05, 0) is 24.3 Å². The Hall–Kier alpha value is -2.84. The Balaban J connectivity index is 1.66. The summed E-state index contributed by atoms with van der Waals surface area (Å²) in [5.41, 5.74) is 5.51. The van der Waals surface area contributed by atoms with Crippen molar-refractivity contribution in [2.45, 2.75) is 6.18 Å². The summed E-state index contributed by atoms with van der Waals surface area (Å²) in [7, 11) is 0. The van der Waals surface area contributed by atoms with Gasteiger partial charge in [-0.25, -0.2) is 4.98 Å². The molecule has 0 unspecified atom stereocenters. The zero-order valence-electron chi connectivity index (χ0n) is 13.2. The van der Waals surface area contributed by atoms with Crippen molar-refractivity contribution in [2.75, 3.05) is 36.0 Å². The lowest BCUT2D eigenvalue weighted by Gasteiger charge is -2.36. The van der Waals surface area contributed by atoms with Crippen molar-refractivity contribution in [1.82, 2.24) is 9.97 Å². The van der Waals surface area contributed by atoms with Crippen LogP contribution in [-0.4, -0.2) is 42.1 Å². The van der Waals surface area contributed by atoms with Gasteiger partial charge in [-0.15, -0.1) is 0 Å². The number of alkyl halides is 3. The second-order valence-corrected chi connectivity index (χ2v) is 5.64. The van der Waals surface area contributed by atoms with Crippen molar-refractivity contribution in [3.8, 4) is 0 Å². The highest BCUT2D eigenvalue weighted by Crippen LogP contribution is 2.29. The van der Waals surface area contributed by atoms with Crippen LogP contribution in [0.1, 0.15) is 16.1 Å². The largest absolute Gasteiger partial charge is 0.417 e. The molecule has 1 aliphatic heterocycles. The lowest BCUT2D eigenvalue weighted by atomic mass is 10.2. The fraction of sp³-hybridized carbons (Fsp3) is 0.312. The number of halogens is 3. The summed E-state index contributed by atoms with van der Waals surface area (Å²) in [5.74, 6) is -0.0744. The molecule has 1 aliphatic rings. The second-order valence-electron chi connectivity index (χ2n) is 5.64. The molecule has 0 aromatic carbocycles. The monoisotopic (exact) mass is 351 g/mol. The van der Waals surface area contributed by atoms with Crippen molar-refractivity contribution >= 4 is 17.4 Å². The van der Waals surface area contributed by atoms with E-state index in [-0.39, 0.29) is 5.69 Å². The van der Waals surface area contributed by atoms with Gasteiger partial charge in [0.25, 0.3) is 5.91 Å². The fourth-order valence-electron chi connectivity index (χ4n) is 2.69. The van der Waals surface area contributed by atoms with E-state index >= 15 is 0 Å². The lowest BCUT2D eigenvalue weighted by Crippen LogP contribution is -2.46. The Bertz CT molecular complexity index is 755. The molecular weight excluding hydrogens is 335 g/mol. The van der Waals surface area contributed by atoms with Crippen LogP contribution in [-0.2, 0) is 6.18 Å². The highest BCUT2D eigenvalue weighted by molar-refractivity contribution is 5.91. The molecule has 132 valence electrons. The van der Waals surface area contributed by atoms with E-state index in [1.165, 1.54) is 12.3 Å². The number of carbonyl (C=O) groups excluding carboxylic acids is 1. The molecule has 3 rings (SSSR count). The van der Waals surface area contributed by atoms with Crippen LogP contribution in [0.5, 0.6) is 0 Å². The molecule has 2 aromatic rings. The molecular formula is C16H16F3N5O. The van der Waals surface area contributed by atoms with E-state index in [9.17, 15) is 18.0 Å². The van der Waals surface area contributed by atoms with E-state index in [1.54, 1.807) is 12.1 Å². The minimum absolute atomic E-state index is 0.198. The number of amides is 1. The molecule has 3 heterocycles. The predicted octanol–water partition coefficient (Wildman–Crippen LogP) is 1.92. The fourth-order valence-corrected chi connectivity index (χ4v) is 2.69. The molecule has 0 atom stereocenters. The first-order valence-electron chi connectivity index (χ1n) is 7.63. The summed E-state index contributed by atoms with van der Waals surface area (Å²) in [6, 6.07) is 5.85. The standard InChI is InChI=1S/C16H16F3N5O/c17-16(18,19)11-1-2-14(22-10-11)24-7-5-23(6-8-24)12-3-4-21-13(9-12)15(20)25/h1-4,9-10H,5-8H2,(H2,20,25). The van der Waals surface area contributed by atoms with E-state index in [2.05, 4.69) is 14.9 Å². The minimum atomic E-state index is -4.39. The number of anilines is 2. The van der Waals surface area contributed by atoms with Crippen LogP contribution in [0.2, 0.25) is 0 Å². The van der Waals surface area contributed by atoms with Crippen LogP contribution < -0.4 is 15.5 Å². The number of carbonyl (C=O) groups is 1. The summed E-state index contributed by atoms with van der Waals surface area (Å²) < 4.78 is 37.8. The zero-order valence-corrected chi connectivity index (χ0v) is 13.2. The molecule has 1 amide bonds. The van der Waals surface area contributed by atoms with Crippen molar-refractivity contribution in [1.29, 1.82) is 0 Å². The van der Waals surface area contributed by atoms with Crippen molar-refractivity contribution in [3.63, 3.8) is 0 Å². The average molecular weight is 351 g/mol. The van der Waals surface area contributed by atoms with E-state index in [0.717, 1.165) is 18.0 Å². The van der Waals surface area contributed by atoms with Gasteiger partial charge in [-0.3, -0.25) is 9.78 Å². The Kier molecular flexibility index (Phi) is 4.47. The van der Waals surface area contributed by atoms with Gasteiger partial charge in [0, 0.05) is 44.3 Å². The number of hydrogen-bond donors (Lipinski definition) is 1. The summed E-state index contributed by atoms with van der Waals surface area (Å²) in [4.78, 5) is 23.0. The SMILES string of the molecule is NC(=O)c1cc(N2CCN(c3ccc(C(F)(F)F)cn3)CC2)ccn1. The van der Waals surface area contributed by atoms with Crippen LogP contribution in [0, 0.1) is 0 Å². The summed E-state index contributed by atoms with van der Waals surface area (Å²) in [6.45, 7) is 2.50. The molecule has 2 aromatic heterocycles. The normalized spacial score (nSPS) is 15.3. The Morgan fingerprint density at radius 1 is 1.04 bits per heavy atom. The Labute approximate surface area is 142 Å². The maximum atomic E-state index is 12.6. The molecule has 6 nitrogen and oxygen atoms in total. The van der Waals surface area contributed by atoms with Gasteiger partial charge >= 0.3 is 6.18 Å². The van der Waals surface area contributed by atoms with Crippen LogP contribution in [0.3, 0.4) is 0 Å². The molecule has 0 saturated carbocycles. The maximum absolute atomic E-state index is 12.6. The number of nitrogens with two attached hydrogens (primary N) is 1. The number of pyridine rings is 2. The summed E-state index contributed by atoms with van der Waals surface area (Å²) in [6.07, 6.45) is -2.01. The van der Waals surface area contributed by atoms with Crippen LogP contribution in [0.15, 0.2) is 36.7 Å². The molecule has 1 saturated heterocycles. The first-order valence-corrected chi connectivity index (χ1v) is 7.63. The topological polar surface area (TPSA) is 75.4 Å². The van der Waals surface area contributed by atoms with E-state index in [4.69, 9.17) is 5.73 Å². The highest BCUT2D eigenvalue weighted by atomic mass is 19.4. The number of primary amides is 1. The molecule has 9 heteroatoms. The van der Waals surface area contributed by atoms with Gasteiger partial charge in [0.15, 0.2) is 0 Å². The number of aromatic nitrogens is 2. The number of rotatable bonds is 3. The summed E-state index contributed by atoms with van der Waals surface area (Å²) >= 11 is 0. The van der Waals surface area contributed by atoms with Crippen molar-refractivity contribution in [3.05, 3.63) is 47.9 Å². The van der Waals surface area contributed by atoms with Crippen molar-refractivity contribution in [2.24, 2.45) is 5.73 Å². The van der Waals surface area contributed by atoms with Gasteiger partial charge in [0.1, 0.15) is 11.5 Å². The molecule has 0 radical (unpaired) electrons. The maximum Gasteiger partial charge on any atom is 0.417 e. The molecule has 0 spiro atoms. The quantitative estimate of drug-likeness (QED) is 0.914. The Morgan fingerprint density at radius 2 is 1.72 bits per heavy atom. The molecule has 1 fully saturated rings. The first kappa shape index (κ1) is 17.0. The predicted molar refractivity (Wildman–Crippen MR) is 86.4 cm³/mol. The van der Waals surface area contributed by atoms with Gasteiger partial charge in [0.2, 0.25) is 0 Å². The molecule has 0 aliphatic carbocycles. The lowest BCUT2D eigenvalue weighted by molar-refractivity contribution is -0.137. The molecule has 2 N–H and O–H groups in total. The van der Waals surface area contributed by atoms with Gasteiger partial charge < -0.3 is 15.5 Å². The van der Waals surface area contributed by atoms with E-state index in [1.807, 2.05) is 4.90 Å². The highest BCUT2D eigenvalue weighted by Gasteiger charge is 2.31. The van der Waals surface area contributed by atoms with Crippen LogP contribution in [0.25, 0.3) is 0 Å². The Morgan fingerprint density at radius 3 is 2.28 bits per heavy atom. The third-order valence-electron chi connectivity index (χ3n) is 4.04. The molecule has 0 bridgehead atoms.